The Labute approximate surface area is 219 Å². The van der Waals surface area contributed by atoms with Crippen molar-refractivity contribution in [3.05, 3.63) is 65.2 Å². The molecule has 2 unspecified atom stereocenters. The number of likely N-dealkylation sites (tertiary alicyclic amines) is 1. The Hall–Kier alpha value is -3.61. The molecule has 3 heterocycles. The molecule has 7 nitrogen and oxygen atoms in total. The number of fused-ring (bicyclic) bond motifs is 3. The van der Waals surface area contributed by atoms with Crippen LogP contribution >= 0.6 is 0 Å². The van der Waals surface area contributed by atoms with Crippen LogP contribution in [0.3, 0.4) is 0 Å². The summed E-state index contributed by atoms with van der Waals surface area (Å²) < 4.78 is 0. The number of rotatable bonds is 7. The summed E-state index contributed by atoms with van der Waals surface area (Å²) >= 11 is 0. The smallest absolute Gasteiger partial charge is 0.254 e. The van der Waals surface area contributed by atoms with E-state index in [-0.39, 0.29) is 11.8 Å². The van der Waals surface area contributed by atoms with Crippen LogP contribution in [0.2, 0.25) is 0 Å². The molecule has 2 atom stereocenters. The highest BCUT2D eigenvalue weighted by atomic mass is 16.2. The average Bonchev–Trinajstić information content (AvgIpc) is 3.06. The van der Waals surface area contributed by atoms with Crippen LogP contribution in [0.15, 0.2) is 59.1 Å². The summed E-state index contributed by atoms with van der Waals surface area (Å²) in [6.07, 6.45) is 6.22. The maximum Gasteiger partial charge on any atom is 0.254 e. The summed E-state index contributed by atoms with van der Waals surface area (Å²) in [5, 5.41) is 0. The summed E-state index contributed by atoms with van der Waals surface area (Å²) in [6.45, 7) is 7.04. The third-order valence-corrected chi connectivity index (χ3v) is 7.62. The van der Waals surface area contributed by atoms with Crippen molar-refractivity contribution in [1.29, 1.82) is 0 Å². The molecule has 2 saturated heterocycles. The Bertz CT molecular complexity index is 1200. The summed E-state index contributed by atoms with van der Waals surface area (Å²) in [5.41, 5.74) is 10.2. The lowest BCUT2D eigenvalue weighted by atomic mass is 10.0. The van der Waals surface area contributed by atoms with Gasteiger partial charge in [0.2, 0.25) is 5.91 Å². The number of benzene rings is 2. The molecule has 37 heavy (non-hydrogen) atoms. The van der Waals surface area contributed by atoms with Gasteiger partial charge in [-0.15, -0.1) is 0 Å². The van der Waals surface area contributed by atoms with Crippen LogP contribution in [0.25, 0.3) is 6.08 Å². The van der Waals surface area contributed by atoms with Gasteiger partial charge in [-0.25, -0.2) is 4.99 Å². The molecular weight excluding hydrogens is 462 g/mol. The Balaban J connectivity index is 1.35. The predicted octanol–water partition coefficient (Wildman–Crippen LogP) is 4.60. The van der Waals surface area contributed by atoms with Crippen molar-refractivity contribution in [1.82, 2.24) is 9.80 Å². The number of carbonyl (C=O) groups is 2. The predicted molar refractivity (Wildman–Crippen MR) is 149 cm³/mol. The Morgan fingerprint density at radius 1 is 1.00 bits per heavy atom. The summed E-state index contributed by atoms with van der Waals surface area (Å²) in [5.74, 6) is 0.440. The number of amidine groups is 1. The first-order valence-electron chi connectivity index (χ1n) is 13.6. The van der Waals surface area contributed by atoms with Gasteiger partial charge in [0.15, 0.2) is 0 Å². The number of nitrogens with zero attached hydrogens (tertiary/aromatic N) is 4. The fraction of sp³-hybridized carbons (Fsp3) is 0.433. The molecule has 3 aliphatic heterocycles. The molecule has 0 saturated carbocycles. The quantitative estimate of drug-likeness (QED) is 0.603. The van der Waals surface area contributed by atoms with Crippen LogP contribution in [-0.4, -0.2) is 65.7 Å². The minimum Gasteiger partial charge on any atom is -0.387 e. The second kappa shape index (κ2) is 10.8. The van der Waals surface area contributed by atoms with E-state index >= 15 is 0 Å². The largest absolute Gasteiger partial charge is 0.387 e. The molecule has 2 aromatic rings. The van der Waals surface area contributed by atoms with Gasteiger partial charge < -0.3 is 20.4 Å². The molecule has 0 aromatic heterocycles. The van der Waals surface area contributed by atoms with Crippen molar-refractivity contribution < 1.29 is 9.59 Å². The van der Waals surface area contributed by atoms with Crippen LogP contribution < -0.4 is 10.6 Å². The van der Waals surface area contributed by atoms with E-state index in [0.29, 0.717) is 41.2 Å². The zero-order chi connectivity index (χ0) is 25.9. The normalized spacial score (nSPS) is 20.6. The third-order valence-electron chi connectivity index (χ3n) is 7.62. The molecule has 7 heteroatoms. The topological polar surface area (TPSA) is 82.2 Å². The molecule has 0 aliphatic carbocycles. The van der Waals surface area contributed by atoms with E-state index in [0.717, 1.165) is 57.4 Å². The maximum absolute atomic E-state index is 13.6. The lowest BCUT2D eigenvalue weighted by Gasteiger charge is -2.42. The molecule has 2 N–H and O–H groups in total. The molecule has 3 aliphatic rings. The van der Waals surface area contributed by atoms with Crippen molar-refractivity contribution >= 4 is 35.1 Å². The van der Waals surface area contributed by atoms with Crippen molar-refractivity contribution in [2.75, 3.05) is 31.1 Å². The number of hydrogen-bond acceptors (Lipinski definition) is 5. The number of carbonyl (C=O) groups excluding carboxylic acids is 2. The number of piperazine rings is 1. The first kappa shape index (κ1) is 25.1. The van der Waals surface area contributed by atoms with Crippen LogP contribution in [0.4, 0.5) is 11.4 Å². The fourth-order valence-corrected chi connectivity index (χ4v) is 5.99. The van der Waals surface area contributed by atoms with Gasteiger partial charge in [-0.2, -0.15) is 0 Å². The minimum atomic E-state index is 0.0154. The number of para-hydroxylation sites is 1. The highest BCUT2D eigenvalue weighted by molar-refractivity contribution is 6.06. The van der Waals surface area contributed by atoms with E-state index < -0.39 is 0 Å². The Kier molecular flexibility index (Phi) is 7.31. The van der Waals surface area contributed by atoms with E-state index in [4.69, 9.17) is 5.73 Å². The Morgan fingerprint density at radius 3 is 2.32 bits per heavy atom. The van der Waals surface area contributed by atoms with Crippen LogP contribution in [0.1, 0.15) is 61.9 Å². The molecule has 2 amide bonds. The average molecular weight is 500 g/mol. The van der Waals surface area contributed by atoms with Crippen LogP contribution in [0, 0.1) is 0 Å². The Morgan fingerprint density at radius 2 is 1.68 bits per heavy atom. The van der Waals surface area contributed by atoms with Gasteiger partial charge in [0.25, 0.3) is 5.91 Å². The maximum atomic E-state index is 13.6. The monoisotopic (exact) mass is 499 g/mol. The standard InChI is InChI=1S/C30H37N5O2/c1-3-14-33(15-4-2)30(37)23-16-21-10-11-22(17-27(21)32-28(31)18-23)29(36)34-19-25-12-13-26(20-34)35(25)24-8-6-5-7-9-24/h5-11,16-17,25-26H,3-4,12-15,18-20H2,1-2H3,(H2,31,32). The molecule has 5 rings (SSSR count). The van der Waals surface area contributed by atoms with Crippen molar-refractivity contribution in [2.24, 2.45) is 10.7 Å². The summed E-state index contributed by atoms with van der Waals surface area (Å²) in [4.78, 5) is 37.8. The zero-order valence-electron chi connectivity index (χ0n) is 21.9. The molecule has 2 fully saturated rings. The van der Waals surface area contributed by atoms with Gasteiger partial charge in [-0.3, -0.25) is 9.59 Å². The van der Waals surface area contributed by atoms with Gasteiger partial charge >= 0.3 is 0 Å². The molecule has 194 valence electrons. The van der Waals surface area contributed by atoms with Crippen molar-refractivity contribution in [3.8, 4) is 0 Å². The van der Waals surface area contributed by atoms with Crippen molar-refractivity contribution in [2.45, 2.75) is 58.0 Å². The number of nitrogens with two attached hydrogens (primary N) is 1. The second-order valence-corrected chi connectivity index (χ2v) is 10.4. The third kappa shape index (κ3) is 5.13. The fourth-order valence-electron chi connectivity index (χ4n) is 5.99. The number of anilines is 1. The van der Waals surface area contributed by atoms with E-state index in [2.05, 4.69) is 48.0 Å². The van der Waals surface area contributed by atoms with Gasteiger partial charge in [0.1, 0.15) is 5.84 Å². The molecule has 2 bridgehead atoms. The van der Waals surface area contributed by atoms with Crippen molar-refractivity contribution in [3.63, 3.8) is 0 Å². The minimum absolute atomic E-state index is 0.0154. The van der Waals surface area contributed by atoms with E-state index in [1.807, 2.05) is 40.1 Å². The number of aliphatic imine (C=N–C) groups is 1. The highest BCUT2D eigenvalue weighted by Gasteiger charge is 2.41. The number of amides is 2. The second-order valence-electron chi connectivity index (χ2n) is 10.4. The highest BCUT2D eigenvalue weighted by Crippen LogP contribution is 2.36. The molecule has 0 spiro atoms. The van der Waals surface area contributed by atoms with Gasteiger partial charge in [-0.1, -0.05) is 38.1 Å². The molecule has 0 radical (unpaired) electrons. The van der Waals surface area contributed by atoms with E-state index in [1.54, 1.807) is 0 Å². The molecule has 2 aromatic carbocycles. The first-order chi connectivity index (χ1) is 18.0. The SMILES string of the molecule is CCCN(CCC)C(=O)C1=Cc2ccc(C(=O)N3CC4CCC(C3)N4c3ccccc3)cc2N=C(N)C1. The van der Waals surface area contributed by atoms with E-state index in [9.17, 15) is 9.59 Å². The number of hydrogen-bond donors (Lipinski definition) is 1. The van der Waals surface area contributed by atoms with Crippen LogP contribution in [-0.2, 0) is 4.79 Å². The van der Waals surface area contributed by atoms with Crippen LogP contribution in [0.5, 0.6) is 0 Å². The zero-order valence-corrected chi connectivity index (χ0v) is 21.9. The first-order valence-corrected chi connectivity index (χ1v) is 13.6. The van der Waals surface area contributed by atoms with E-state index in [1.165, 1.54) is 5.69 Å². The lowest BCUT2D eigenvalue weighted by molar-refractivity contribution is -0.127. The lowest BCUT2D eigenvalue weighted by Crippen LogP contribution is -2.55. The summed E-state index contributed by atoms with van der Waals surface area (Å²) in [6, 6.07) is 16.8. The summed E-state index contributed by atoms with van der Waals surface area (Å²) in [7, 11) is 0. The van der Waals surface area contributed by atoms with Gasteiger partial charge in [0.05, 0.1) is 5.69 Å². The van der Waals surface area contributed by atoms with Gasteiger partial charge in [0, 0.05) is 67.1 Å². The molecular formula is C30H37N5O2. The van der Waals surface area contributed by atoms with Gasteiger partial charge in [-0.05, 0) is 56.0 Å².